The lowest BCUT2D eigenvalue weighted by molar-refractivity contribution is 0.0708. The molecule has 0 saturated heterocycles. The molecule has 0 atom stereocenters. The van der Waals surface area contributed by atoms with Crippen LogP contribution in [0.2, 0.25) is 0 Å². The van der Waals surface area contributed by atoms with E-state index in [1.54, 1.807) is 0 Å². The van der Waals surface area contributed by atoms with Crippen molar-refractivity contribution in [1.29, 1.82) is 0 Å². The standard InChI is InChI=1S/C11H23NOS/c1-10(2,13)7-8-12-9-11(14-3)5-4-6-11/h12-13H,4-9H2,1-3H3. The number of thioether (sulfide) groups is 1. The predicted molar refractivity (Wildman–Crippen MR) is 63.9 cm³/mol. The van der Waals surface area contributed by atoms with Gasteiger partial charge in [-0.05, 0) is 45.9 Å². The molecule has 3 heteroatoms. The summed E-state index contributed by atoms with van der Waals surface area (Å²) in [7, 11) is 0. The molecule has 0 aromatic heterocycles. The zero-order valence-electron chi connectivity index (χ0n) is 9.60. The van der Waals surface area contributed by atoms with Crippen molar-refractivity contribution in [2.45, 2.75) is 49.9 Å². The molecule has 0 aromatic carbocycles. The molecule has 84 valence electrons. The number of aliphatic hydroxyl groups is 1. The van der Waals surface area contributed by atoms with Gasteiger partial charge in [0, 0.05) is 11.3 Å². The molecule has 1 aliphatic rings. The predicted octanol–water partition coefficient (Wildman–Crippen LogP) is 2.02. The highest BCUT2D eigenvalue weighted by atomic mass is 32.2. The van der Waals surface area contributed by atoms with Crippen LogP contribution in [0.4, 0.5) is 0 Å². The summed E-state index contributed by atoms with van der Waals surface area (Å²) in [4.78, 5) is 0. The summed E-state index contributed by atoms with van der Waals surface area (Å²) in [6.07, 6.45) is 7.12. The molecule has 0 unspecified atom stereocenters. The highest BCUT2D eigenvalue weighted by Gasteiger charge is 2.35. The van der Waals surface area contributed by atoms with E-state index in [2.05, 4.69) is 11.6 Å². The minimum atomic E-state index is -0.529. The topological polar surface area (TPSA) is 32.3 Å². The van der Waals surface area contributed by atoms with Crippen molar-refractivity contribution in [3.8, 4) is 0 Å². The van der Waals surface area contributed by atoms with Gasteiger partial charge in [0.25, 0.3) is 0 Å². The van der Waals surface area contributed by atoms with Crippen LogP contribution in [0.15, 0.2) is 0 Å². The summed E-state index contributed by atoms with van der Waals surface area (Å²) in [5, 5.41) is 13.0. The van der Waals surface area contributed by atoms with Crippen molar-refractivity contribution in [3.63, 3.8) is 0 Å². The first-order valence-electron chi connectivity index (χ1n) is 5.46. The van der Waals surface area contributed by atoms with Gasteiger partial charge in [0.05, 0.1) is 5.60 Å². The Morgan fingerprint density at radius 3 is 2.43 bits per heavy atom. The molecule has 2 N–H and O–H groups in total. The smallest absolute Gasteiger partial charge is 0.0603 e. The molecule has 0 amide bonds. The van der Waals surface area contributed by atoms with Gasteiger partial charge in [0.1, 0.15) is 0 Å². The quantitative estimate of drug-likeness (QED) is 0.668. The molecule has 0 radical (unpaired) electrons. The first-order chi connectivity index (χ1) is 6.47. The molecule has 2 nitrogen and oxygen atoms in total. The van der Waals surface area contributed by atoms with E-state index in [0.717, 1.165) is 19.5 Å². The Balaban J connectivity index is 2.09. The Kier molecular flexibility index (Phi) is 4.29. The Morgan fingerprint density at radius 1 is 1.43 bits per heavy atom. The molecular formula is C11H23NOS. The van der Waals surface area contributed by atoms with Crippen LogP contribution in [0.5, 0.6) is 0 Å². The van der Waals surface area contributed by atoms with E-state index in [4.69, 9.17) is 0 Å². The lowest BCUT2D eigenvalue weighted by Crippen LogP contribution is -2.44. The third kappa shape index (κ3) is 3.79. The second-order valence-electron chi connectivity index (χ2n) is 4.98. The summed E-state index contributed by atoms with van der Waals surface area (Å²) in [6.45, 7) is 5.75. The zero-order valence-corrected chi connectivity index (χ0v) is 10.4. The summed E-state index contributed by atoms with van der Waals surface area (Å²) in [5.41, 5.74) is -0.529. The van der Waals surface area contributed by atoms with Crippen LogP contribution in [0, 0.1) is 0 Å². The molecule has 0 bridgehead atoms. The Bertz CT molecular complexity index is 167. The summed E-state index contributed by atoms with van der Waals surface area (Å²) in [5.74, 6) is 0. The van der Waals surface area contributed by atoms with Gasteiger partial charge in [-0.3, -0.25) is 0 Å². The molecule has 1 saturated carbocycles. The Morgan fingerprint density at radius 2 is 2.07 bits per heavy atom. The average molecular weight is 217 g/mol. The van der Waals surface area contributed by atoms with Gasteiger partial charge in [-0.1, -0.05) is 6.42 Å². The van der Waals surface area contributed by atoms with Crippen molar-refractivity contribution in [2.24, 2.45) is 0 Å². The van der Waals surface area contributed by atoms with Crippen LogP contribution in [-0.4, -0.2) is 34.8 Å². The Labute approximate surface area is 91.9 Å². The van der Waals surface area contributed by atoms with E-state index in [-0.39, 0.29) is 0 Å². The third-order valence-electron chi connectivity index (χ3n) is 3.06. The van der Waals surface area contributed by atoms with E-state index in [9.17, 15) is 5.11 Å². The van der Waals surface area contributed by atoms with Crippen LogP contribution in [0.3, 0.4) is 0 Å². The van der Waals surface area contributed by atoms with Gasteiger partial charge in [0.15, 0.2) is 0 Å². The minimum absolute atomic E-state index is 0.513. The highest BCUT2D eigenvalue weighted by Crippen LogP contribution is 2.42. The molecule has 1 rings (SSSR count). The number of hydrogen-bond acceptors (Lipinski definition) is 3. The second kappa shape index (κ2) is 4.86. The Hall–Kier alpha value is 0.270. The average Bonchev–Trinajstić information content (AvgIpc) is 2.00. The number of rotatable bonds is 6. The van der Waals surface area contributed by atoms with Crippen molar-refractivity contribution >= 4 is 11.8 Å². The molecule has 0 aliphatic heterocycles. The monoisotopic (exact) mass is 217 g/mol. The van der Waals surface area contributed by atoms with Crippen molar-refractivity contribution in [3.05, 3.63) is 0 Å². The summed E-state index contributed by atoms with van der Waals surface area (Å²) in [6, 6.07) is 0. The van der Waals surface area contributed by atoms with E-state index in [1.807, 2.05) is 25.6 Å². The third-order valence-corrected chi connectivity index (χ3v) is 4.48. The summed E-state index contributed by atoms with van der Waals surface area (Å²) >= 11 is 1.99. The van der Waals surface area contributed by atoms with Gasteiger partial charge in [-0.25, -0.2) is 0 Å². The fraction of sp³-hybridized carbons (Fsp3) is 1.00. The second-order valence-corrected chi connectivity index (χ2v) is 6.25. The fourth-order valence-electron chi connectivity index (χ4n) is 1.73. The molecule has 0 aromatic rings. The molecule has 0 heterocycles. The van der Waals surface area contributed by atoms with Gasteiger partial charge in [-0.15, -0.1) is 0 Å². The largest absolute Gasteiger partial charge is 0.390 e. The minimum Gasteiger partial charge on any atom is -0.390 e. The van der Waals surface area contributed by atoms with Crippen LogP contribution in [0.25, 0.3) is 0 Å². The first-order valence-corrected chi connectivity index (χ1v) is 6.68. The van der Waals surface area contributed by atoms with Crippen molar-refractivity contribution in [2.75, 3.05) is 19.3 Å². The van der Waals surface area contributed by atoms with Gasteiger partial charge in [-0.2, -0.15) is 11.8 Å². The van der Waals surface area contributed by atoms with E-state index in [0.29, 0.717) is 4.75 Å². The molecule has 0 spiro atoms. The van der Waals surface area contributed by atoms with Gasteiger partial charge in [0.2, 0.25) is 0 Å². The van der Waals surface area contributed by atoms with E-state index < -0.39 is 5.60 Å². The molecule has 1 aliphatic carbocycles. The van der Waals surface area contributed by atoms with Crippen LogP contribution >= 0.6 is 11.8 Å². The number of nitrogens with one attached hydrogen (secondary N) is 1. The maximum absolute atomic E-state index is 9.53. The fourth-order valence-corrected chi connectivity index (χ4v) is 2.68. The lowest BCUT2D eigenvalue weighted by atomic mass is 9.84. The first kappa shape index (κ1) is 12.3. The van der Waals surface area contributed by atoms with Gasteiger partial charge >= 0.3 is 0 Å². The zero-order chi connectivity index (χ0) is 10.7. The van der Waals surface area contributed by atoms with Crippen LogP contribution < -0.4 is 5.32 Å². The van der Waals surface area contributed by atoms with Crippen LogP contribution in [0.1, 0.15) is 39.5 Å². The molecule has 14 heavy (non-hydrogen) atoms. The maximum Gasteiger partial charge on any atom is 0.0603 e. The van der Waals surface area contributed by atoms with E-state index in [1.165, 1.54) is 19.3 Å². The molecular weight excluding hydrogens is 194 g/mol. The molecule has 1 fully saturated rings. The summed E-state index contributed by atoms with van der Waals surface area (Å²) < 4.78 is 0.513. The SMILES string of the molecule is CSC1(CNCCC(C)(C)O)CCC1. The van der Waals surface area contributed by atoms with E-state index >= 15 is 0 Å². The number of hydrogen-bond donors (Lipinski definition) is 2. The van der Waals surface area contributed by atoms with Crippen molar-refractivity contribution in [1.82, 2.24) is 5.32 Å². The lowest BCUT2D eigenvalue weighted by Gasteiger charge is -2.40. The van der Waals surface area contributed by atoms with Crippen molar-refractivity contribution < 1.29 is 5.11 Å². The maximum atomic E-state index is 9.53. The highest BCUT2D eigenvalue weighted by molar-refractivity contribution is 8.00. The van der Waals surface area contributed by atoms with Crippen LogP contribution in [-0.2, 0) is 0 Å². The normalized spacial score (nSPS) is 20.6. The van der Waals surface area contributed by atoms with Gasteiger partial charge < -0.3 is 10.4 Å².